The smallest absolute Gasteiger partial charge is 0.103 e. The van der Waals surface area contributed by atoms with E-state index in [4.69, 9.17) is 0 Å². The second kappa shape index (κ2) is 4.20. The van der Waals surface area contributed by atoms with Gasteiger partial charge in [-0.05, 0) is 12.8 Å². The van der Waals surface area contributed by atoms with Gasteiger partial charge in [-0.1, -0.05) is 6.08 Å². The van der Waals surface area contributed by atoms with Gasteiger partial charge in [0.1, 0.15) is 5.69 Å². The number of aliphatic hydroxyl groups is 1. The maximum atomic E-state index is 9.40. The van der Waals surface area contributed by atoms with E-state index in [0.29, 0.717) is 12.1 Å². The van der Waals surface area contributed by atoms with E-state index in [1.165, 1.54) is 0 Å². The van der Waals surface area contributed by atoms with Crippen LogP contribution >= 0.6 is 11.7 Å². The number of nitrogens with zero attached hydrogens (tertiary/aromatic N) is 2. The van der Waals surface area contributed by atoms with E-state index in [0.717, 1.165) is 18.1 Å². The molecule has 0 spiro atoms. The molecule has 0 radical (unpaired) electrons. The lowest BCUT2D eigenvalue weighted by Crippen LogP contribution is -1.95. The van der Waals surface area contributed by atoms with Gasteiger partial charge in [0.15, 0.2) is 0 Å². The van der Waals surface area contributed by atoms with Crippen molar-refractivity contribution in [3.05, 3.63) is 24.5 Å². The Labute approximate surface area is 69.7 Å². The van der Waals surface area contributed by atoms with Crippen molar-refractivity contribution in [2.75, 3.05) is 0 Å². The molecule has 4 heteroatoms. The molecular formula is C7H10N2OS. The van der Waals surface area contributed by atoms with Gasteiger partial charge >= 0.3 is 0 Å². The molecule has 1 aromatic heterocycles. The van der Waals surface area contributed by atoms with Crippen LogP contribution in [0.25, 0.3) is 0 Å². The Morgan fingerprint density at radius 1 is 1.82 bits per heavy atom. The van der Waals surface area contributed by atoms with E-state index in [1.807, 2.05) is 0 Å². The maximum absolute atomic E-state index is 9.40. The Bertz CT molecular complexity index is 210. The molecule has 0 aliphatic heterocycles. The molecule has 0 bridgehead atoms. The summed E-state index contributed by atoms with van der Waals surface area (Å²) in [5.74, 6) is 0. The predicted molar refractivity (Wildman–Crippen MR) is 44.3 cm³/mol. The highest BCUT2D eigenvalue weighted by Crippen LogP contribution is 2.15. The van der Waals surface area contributed by atoms with Gasteiger partial charge in [0, 0.05) is 0 Å². The van der Waals surface area contributed by atoms with E-state index >= 15 is 0 Å². The molecule has 11 heavy (non-hydrogen) atoms. The molecule has 0 fully saturated rings. The fourth-order valence-electron chi connectivity index (χ4n) is 0.742. The van der Waals surface area contributed by atoms with Gasteiger partial charge < -0.3 is 5.11 Å². The average Bonchev–Trinajstić information content (AvgIpc) is 2.52. The third-order valence-corrected chi connectivity index (χ3v) is 1.86. The monoisotopic (exact) mass is 170 g/mol. The van der Waals surface area contributed by atoms with Gasteiger partial charge in [-0.2, -0.15) is 8.75 Å². The Morgan fingerprint density at radius 2 is 2.64 bits per heavy atom. The minimum absolute atomic E-state index is 0.480. The van der Waals surface area contributed by atoms with Gasteiger partial charge in [0.2, 0.25) is 0 Å². The van der Waals surface area contributed by atoms with Crippen LogP contribution in [0.15, 0.2) is 18.9 Å². The SMILES string of the molecule is C=CCCC(O)c1cnsn1. The topological polar surface area (TPSA) is 46.0 Å². The molecule has 0 saturated carbocycles. The first-order valence-electron chi connectivity index (χ1n) is 3.41. The molecule has 3 nitrogen and oxygen atoms in total. The molecule has 0 aromatic carbocycles. The zero-order chi connectivity index (χ0) is 8.10. The van der Waals surface area contributed by atoms with Crippen molar-refractivity contribution in [3.63, 3.8) is 0 Å². The summed E-state index contributed by atoms with van der Waals surface area (Å²) < 4.78 is 7.71. The lowest BCUT2D eigenvalue weighted by molar-refractivity contribution is 0.165. The fourth-order valence-corrected chi connectivity index (χ4v) is 1.21. The molecule has 1 aromatic rings. The van der Waals surface area contributed by atoms with Crippen LogP contribution in [-0.4, -0.2) is 13.9 Å². The van der Waals surface area contributed by atoms with Crippen molar-refractivity contribution in [1.82, 2.24) is 8.75 Å². The predicted octanol–water partition coefficient (Wildman–Crippen LogP) is 1.54. The standard InChI is InChI=1S/C7H10N2OS/c1-2-3-4-7(10)6-5-8-11-9-6/h2,5,7,10H,1,3-4H2. The molecular weight excluding hydrogens is 160 g/mol. The quantitative estimate of drug-likeness (QED) is 0.697. The summed E-state index contributed by atoms with van der Waals surface area (Å²) in [5, 5.41) is 9.40. The highest BCUT2D eigenvalue weighted by atomic mass is 32.1. The summed E-state index contributed by atoms with van der Waals surface area (Å²) in [7, 11) is 0. The number of hydrogen-bond acceptors (Lipinski definition) is 4. The second-order valence-electron chi connectivity index (χ2n) is 2.21. The van der Waals surface area contributed by atoms with Gasteiger partial charge in [-0.15, -0.1) is 6.58 Å². The van der Waals surface area contributed by atoms with Crippen molar-refractivity contribution in [3.8, 4) is 0 Å². The van der Waals surface area contributed by atoms with Gasteiger partial charge in [-0.25, -0.2) is 0 Å². The van der Waals surface area contributed by atoms with E-state index < -0.39 is 6.10 Å². The maximum Gasteiger partial charge on any atom is 0.103 e. The summed E-state index contributed by atoms with van der Waals surface area (Å²) in [6.07, 6.45) is 4.38. The second-order valence-corrected chi connectivity index (χ2v) is 2.77. The van der Waals surface area contributed by atoms with E-state index in [1.54, 1.807) is 12.3 Å². The minimum atomic E-state index is -0.480. The lowest BCUT2D eigenvalue weighted by atomic mass is 10.1. The van der Waals surface area contributed by atoms with Gasteiger partial charge in [0.25, 0.3) is 0 Å². The summed E-state index contributed by atoms with van der Waals surface area (Å²) in [6.45, 7) is 3.57. The number of hydrogen-bond donors (Lipinski definition) is 1. The zero-order valence-electron chi connectivity index (χ0n) is 6.10. The molecule has 0 amide bonds. The molecule has 1 unspecified atom stereocenters. The van der Waals surface area contributed by atoms with Crippen molar-refractivity contribution in [1.29, 1.82) is 0 Å². The molecule has 0 aliphatic rings. The summed E-state index contributed by atoms with van der Waals surface area (Å²) >= 11 is 1.12. The normalized spacial score (nSPS) is 12.8. The van der Waals surface area contributed by atoms with Crippen LogP contribution in [0.5, 0.6) is 0 Å². The number of rotatable bonds is 4. The first-order chi connectivity index (χ1) is 5.34. The van der Waals surface area contributed by atoms with Gasteiger partial charge in [0.05, 0.1) is 24.0 Å². The van der Waals surface area contributed by atoms with Crippen LogP contribution in [0.2, 0.25) is 0 Å². The first kappa shape index (κ1) is 8.36. The van der Waals surface area contributed by atoms with E-state index in [-0.39, 0.29) is 0 Å². The molecule has 0 aliphatic carbocycles. The van der Waals surface area contributed by atoms with Crippen LogP contribution < -0.4 is 0 Å². The Balaban J connectivity index is 2.42. The van der Waals surface area contributed by atoms with E-state index in [9.17, 15) is 5.11 Å². The van der Waals surface area contributed by atoms with Crippen LogP contribution in [0.1, 0.15) is 24.6 Å². The summed E-state index contributed by atoms with van der Waals surface area (Å²) in [5.41, 5.74) is 0.664. The molecule has 1 atom stereocenters. The summed E-state index contributed by atoms with van der Waals surface area (Å²) in [4.78, 5) is 0. The Morgan fingerprint density at radius 3 is 3.18 bits per heavy atom. The average molecular weight is 170 g/mol. The minimum Gasteiger partial charge on any atom is -0.387 e. The van der Waals surface area contributed by atoms with Crippen molar-refractivity contribution in [2.24, 2.45) is 0 Å². The summed E-state index contributed by atoms with van der Waals surface area (Å²) in [6, 6.07) is 0. The third kappa shape index (κ3) is 2.40. The molecule has 1 heterocycles. The lowest BCUT2D eigenvalue weighted by Gasteiger charge is -2.02. The highest BCUT2D eigenvalue weighted by Gasteiger charge is 2.08. The Kier molecular flexibility index (Phi) is 3.19. The van der Waals surface area contributed by atoms with Crippen molar-refractivity contribution >= 4 is 11.7 Å². The van der Waals surface area contributed by atoms with Crippen LogP contribution in [0.4, 0.5) is 0 Å². The van der Waals surface area contributed by atoms with E-state index in [2.05, 4.69) is 15.3 Å². The fraction of sp³-hybridized carbons (Fsp3) is 0.429. The van der Waals surface area contributed by atoms with Crippen LogP contribution in [0.3, 0.4) is 0 Å². The number of aliphatic hydroxyl groups excluding tert-OH is 1. The Hall–Kier alpha value is -0.740. The molecule has 1 N–H and O–H groups in total. The number of aromatic nitrogens is 2. The molecule has 1 rings (SSSR count). The highest BCUT2D eigenvalue weighted by molar-refractivity contribution is 6.99. The zero-order valence-corrected chi connectivity index (χ0v) is 6.92. The van der Waals surface area contributed by atoms with Crippen molar-refractivity contribution < 1.29 is 5.11 Å². The number of allylic oxidation sites excluding steroid dienone is 1. The first-order valence-corrected chi connectivity index (χ1v) is 4.14. The van der Waals surface area contributed by atoms with Crippen LogP contribution in [0, 0.1) is 0 Å². The van der Waals surface area contributed by atoms with Gasteiger partial charge in [-0.3, -0.25) is 0 Å². The molecule has 60 valence electrons. The van der Waals surface area contributed by atoms with Crippen molar-refractivity contribution in [2.45, 2.75) is 18.9 Å². The largest absolute Gasteiger partial charge is 0.387 e. The third-order valence-electron chi connectivity index (χ3n) is 1.36. The molecule has 0 saturated heterocycles. The van der Waals surface area contributed by atoms with Crippen LogP contribution in [-0.2, 0) is 0 Å².